The first-order valence-corrected chi connectivity index (χ1v) is 7.22. The average molecular weight is 449 g/mol. The lowest BCUT2D eigenvalue weighted by Crippen LogP contribution is -2.41. The number of aromatic nitrogens is 2. The quantitative estimate of drug-likeness (QED) is 0.400. The van der Waals surface area contributed by atoms with E-state index in [1.54, 1.807) is 26.1 Å². The Labute approximate surface area is 157 Å². The molecule has 1 aromatic carbocycles. The first-order valence-electron chi connectivity index (χ1n) is 7.22. The van der Waals surface area contributed by atoms with Crippen LogP contribution >= 0.6 is 24.0 Å². The van der Waals surface area contributed by atoms with Gasteiger partial charge in [0.15, 0.2) is 11.8 Å². The number of benzene rings is 1. The molecule has 7 nitrogen and oxygen atoms in total. The molecule has 1 heterocycles. The van der Waals surface area contributed by atoms with E-state index < -0.39 is 0 Å². The van der Waals surface area contributed by atoms with E-state index >= 15 is 0 Å². The van der Waals surface area contributed by atoms with E-state index in [4.69, 9.17) is 9.26 Å². The number of nitrogens with zero attached hydrogens (tertiary/aromatic N) is 3. The second-order valence-corrected chi connectivity index (χ2v) is 4.92. The summed E-state index contributed by atoms with van der Waals surface area (Å²) >= 11 is 0. The van der Waals surface area contributed by atoms with E-state index in [2.05, 4.69) is 25.8 Å². The Bertz CT molecular complexity index is 648. The third-order valence-corrected chi connectivity index (χ3v) is 2.91. The minimum absolute atomic E-state index is 0. The van der Waals surface area contributed by atoms with Crippen LogP contribution in [0.3, 0.4) is 0 Å². The van der Waals surface area contributed by atoms with Crippen LogP contribution in [0.2, 0.25) is 0 Å². The molecule has 2 aromatic rings. The molecule has 0 bridgehead atoms. The van der Waals surface area contributed by atoms with Gasteiger partial charge in [-0.1, -0.05) is 5.16 Å². The molecule has 0 saturated heterocycles. The molecular weight excluding hydrogens is 428 g/mol. The zero-order chi connectivity index (χ0) is 16.7. The van der Waals surface area contributed by atoms with Gasteiger partial charge < -0.3 is 19.9 Å². The fraction of sp³-hybridized carbons (Fsp3) is 0.400. The van der Waals surface area contributed by atoms with Gasteiger partial charge in [0, 0.05) is 7.05 Å². The van der Waals surface area contributed by atoms with Crippen molar-refractivity contribution in [3.8, 4) is 5.75 Å². The van der Waals surface area contributed by atoms with Crippen LogP contribution < -0.4 is 15.4 Å². The fourth-order valence-corrected chi connectivity index (χ4v) is 1.82. The highest BCUT2D eigenvalue weighted by molar-refractivity contribution is 14.0. The minimum atomic E-state index is -0.288. The van der Waals surface area contributed by atoms with Crippen LogP contribution in [0.1, 0.15) is 18.6 Å². The van der Waals surface area contributed by atoms with E-state index in [0.29, 0.717) is 36.5 Å². The molecule has 1 aromatic heterocycles. The van der Waals surface area contributed by atoms with Gasteiger partial charge in [-0.25, -0.2) is 4.39 Å². The van der Waals surface area contributed by atoms with Gasteiger partial charge >= 0.3 is 0 Å². The van der Waals surface area contributed by atoms with Crippen molar-refractivity contribution in [2.45, 2.75) is 26.5 Å². The van der Waals surface area contributed by atoms with E-state index in [0.717, 1.165) is 0 Å². The average Bonchev–Trinajstić information content (AvgIpc) is 2.95. The second-order valence-electron chi connectivity index (χ2n) is 4.92. The molecule has 9 heteroatoms. The van der Waals surface area contributed by atoms with E-state index in [-0.39, 0.29) is 35.9 Å². The number of halogens is 2. The van der Waals surface area contributed by atoms with Gasteiger partial charge in [0.05, 0.1) is 13.1 Å². The maximum absolute atomic E-state index is 12.8. The summed E-state index contributed by atoms with van der Waals surface area (Å²) in [4.78, 5) is 8.20. The predicted octanol–water partition coefficient (Wildman–Crippen LogP) is 2.27. The molecule has 1 atom stereocenters. The van der Waals surface area contributed by atoms with Gasteiger partial charge in [-0.2, -0.15) is 4.98 Å². The first-order chi connectivity index (χ1) is 11.1. The Morgan fingerprint density at radius 3 is 2.62 bits per heavy atom. The molecule has 0 saturated carbocycles. The highest BCUT2D eigenvalue weighted by atomic mass is 127. The third kappa shape index (κ3) is 6.69. The molecule has 0 aliphatic carbocycles. The largest absolute Gasteiger partial charge is 0.489 e. The van der Waals surface area contributed by atoms with Crippen molar-refractivity contribution >= 4 is 29.9 Å². The maximum atomic E-state index is 12.8. The summed E-state index contributed by atoms with van der Waals surface area (Å²) in [5.74, 6) is 2.00. The Kier molecular flexibility index (Phi) is 8.44. The zero-order valence-electron chi connectivity index (χ0n) is 13.7. The summed E-state index contributed by atoms with van der Waals surface area (Å²) < 4.78 is 23.5. The SMILES string of the molecule is CN=C(NCc1nc(C)no1)NCC(C)Oc1ccc(F)cc1.I. The van der Waals surface area contributed by atoms with E-state index in [9.17, 15) is 4.39 Å². The van der Waals surface area contributed by atoms with Crippen molar-refractivity contribution in [2.75, 3.05) is 13.6 Å². The monoisotopic (exact) mass is 449 g/mol. The van der Waals surface area contributed by atoms with Crippen molar-refractivity contribution in [1.82, 2.24) is 20.8 Å². The Morgan fingerprint density at radius 2 is 2.04 bits per heavy atom. The topological polar surface area (TPSA) is 84.6 Å². The Morgan fingerprint density at radius 1 is 1.33 bits per heavy atom. The van der Waals surface area contributed by atoms with Crippen LogP contribution in [-0.2, 0) is 6.54 Å². The summed E-state index contributed by atoms with van der Waals surface area (Å²) in [6, 6.07) is 5.92. The number of hydrogen-bond acceptors (Lipinski definition) is 5. The van der Waals surface area contributed by atoms with Crippen molar-refractivity contribution in [1.29, 1.82) is 0 Å². The first kappa shape index (κ1) is 20.1. The minimum Gasteiger partial charge on any atom is -0.489 e. The van der Waals surface area contributed by atoms with Gasteiger partial charge in [0.1, 0.15) is 17.7 Å². The van der Waals surface area contributed by atoms with Crippen molar-refractivity contribution < 1.29 is 13.7 Å². The number of nitrogens with one attached hydrogen (secondary N) is 2. The van der Waals surface area contributed by atoms with Crippen molar-refractivity contribution in [3.05, 3.63) is 41.8 Å². The lowest BCUT2D eigenvalue weighted by atomic mass is 10.3. The molecule has 0 spiro atoms. The van der Waals surface area contributed by atoms with Crippen LogP contribution in [-0.4, -0.2) is 35.8 Å². The van der Waals surface area contributed by atoms with Crippen LogP contribution in [0.15, 0.2) is 33.8 Å². The van der Waals surface area contributed by atoms with Gasteiger partial charge in [-0.3, -0.25) is 4.99 Å². The van der Waals surface area contributed by atoms with Gasteiger partial charge in [-0.15, -0.1) is 24.0 Å². The normalized spacial score (nSPS) is 12.2. The molecule has 0 fully saturated rings. The number of hydrogen-bond donors (Lipinski definition) is 2. The summed E-state index contributed by atoms with van der Waals surface area (Å²) in [6.07, 6.45) is -0.121. The molecule has 0 amide bonds. The van der Waals surface area contributed by atoms with Crippen molar-refractivity contribution in [2.24, 2.45) is 4.99 Å². The maximum Gasteiger partial charge on any atom is 0.246 e. The molecular formula is C15H21FIN5O2. The van der Waals surface area contributed by atoms with Crippen LogP contribution in [0.25, 0.3) is 0 Å². The van der Waals surface area contributed by atoms with Crippen LogP contribution in [0.4, 0.5) is 4.39 Å². The number of rotatable bonds is 6. The summed E-state index contributed by atoms with van der Waals surface area (Å²) in [5.41, 5.74) is 0. The molecule has 132 valence electrons. The molecule has 2 N–H and O–H groups in total. The summed E-state index contributed by atoms with van der Waals surface area (Å²) in [5, 5.41) is 9.91. The zero-order valence-corrected chi connectivity index (χ0v) is 16.1. The summed E-state index contributed by atoms with van der Waals surface area (Å²) in [7, 11) is 1.67. The highest BCUT2D eigenvalue weighted by Gasteiger charge is 2.07. The molecule has 0 aliphatic rings. The van der Waals surface area contributed by atoms with Gasteiger partial charge in [0.25, 0.3) is 0 Å². The molecule has 24 heavy (non-hydrogen) atoms. The third-order valence-electron chi connectivity index (χ3n) is 2.91. The number of ether oxygens (including phenoxy) is 1. The van der Waals surface area contributed by atoms with Crippen LogP contribution in [0.5, 0.6) is 5.75 Å². The lowest BCUT2D eigenvalue weighted by Gasteiger charge is -2.17. The van der Waals surface area contributed by atoms with Crippen LogP contribution in [0, 0.1) is 12.7 Å². The molecule has 0 radical (unpaired) electrons. The number of aliphatic imine (C=N–C) groups is 1. The van der Waals surface area contributed by atoms with Gasteiger partial charge in [0.2, 0.25) is 5.89 Å². The molecule has 1 unspecified atom stereocenters. The number of aryl methyl sites for hydroxylation is 1. The smallest absolute Gasteiger partial charge is 0.246 e. The van der Waals surface area contributed by atoms with E-state index in [1.165, 1.54) is 12.1 Å². The predicted molar refractivity (Wildman–Crippen MR) is 99.1 cm³/mol. The second kappa shape index (κ2) is 10.1. The molecule has 0 aliphatic heterocycles. The van der Waals surface area contributed by atoms with Crippen molar-refractivity contribution in [3.63, 3.8) is 0 Å². The Hall–Kier alpha value is -1.91. The molecule has 2 rings (SSSR count). The lowest BCUT2D eigenvalue weighted by molar-refractivity contribution is 0.223. The standard InChI is InChI=1S/C15H20FN5O2.HI/c1-10(22-13-6-4-12(16)5-7-13)8-18-15(17-3)19-9-14-20-11(2)21-23-14;/h4-7,10H,8-9H2,1-3H3,(H2,17,18,19);1H. The summed E-state index contributed by atoms with van der Waals surface area (Å²) in [6.45, 7) is 4.58. The van der Waals surface area contributed by atoms with Gasteiger partial charge in [-0.05, 0) is 38.1 Å². The Balaban J connectivity index is 0.00000288. The number of guanidine groups is 1. The van der Waals surface area contributed by atoms with E-state index in [1.807, 2.05) is 6.92 Å². The highest BCUT2D eigenvalue weighted by Crippen LogP contribution is 2.12. The fourth-order valence-electron chi connectivity index (χ4n) is 1.82.